The van der Waals surface area contributed by atoms with Crippen molar-refractivity contribution in [1.82, 2.24) is 4.98 Å². The van der Waals surface area contributed by atoms with Gasteiger partial charge in [0.05, 0.1) is 19.2 Å². The maximum atomic E-state index is 11.9. The van der Waals surface area contributed by atoms with Gasteiger partial charge in [0.15, 0.2) is 11.4 Å². The Balaban J connectivity index is 2.55. The van der Waals surface area contributed by atoms with Crippen molar-refractivity contribution >= 4 is 16.9 Å². The zero-order valence-electron chi connectivity index (χ0n) is 12.2. The normalized spacial score (nSPS) is 10.8. The van der Waals surface area contributed by atoms with E-state index in [9.17, 15) is 4.79 Å². The SMILES string of the molecule is COCCOc1c(C(=O)OC)[nH]c2cc(C)cc(C)c12. The molecule has 5 nitrogen and oxygen atoms in total. The van der Waals surface area contributed by atoms with Crippen molar-refractivity contribution in [3.8, 4) is 5.75 Å². The Morgan fingerprint density at radius 2 is 1.95 bits per heavy atom. The molecule has 2 rings (SSSR count). The van der Waals surface area contributed by atoms with Gasteiger partial charge in [0.2, 0.25) is 0 Å². The molecule has 0 atom stereocenters. The van der Waals surface area contributed by atoms with Crippen LogP contribution in [-0.4, -0.2) is 38.4 Å². The molecular weight excluding hydrogens is 258 g/mol. The van der Waals surface area contributed by atoms with Crippen LogP contribution >= 0.6 is 0 Å². The lowest BCUT2D eigenvalue weighted by molar-refractivity contribution is 0.0588. The van der Waals surface area contributed by atoms with Gasteiger partial charge < -0.3 is 19.2 Å². The van der Waals surface area contributed by atoms with Gasteiger partial charge in [-0.1, -0.05) is 6.07 Å². The second kappa shape index (κ2) is 5.96. The number of H-pyrrole nitrogens is 1. The number of methoxy groups -OCH3 is 2. The fraction of sp³-hybridized carbons (Fsp3) is 0.400. The largest absolute Gasteiger partial charge is 0.488 e. The number of aromatic nitrogens is 1. The maximum absolute atomic E-state index is 11.9. The van der Waals surface area contributed by atoms with Crippen LogP contribution in [-0.2, 0) is 9.47 Å². The molecule has 1 N–H and O–H groups in total. The first kappa shape index (κ1) is 14.4. The van der Waals surface area contributed by atoms with E-state index in [4.69, 9.17) is 14.2 Å². The van der Waals surface area contributed by atoms with E-state index in [1.807, 2.05) is 19.9 Å². The lowest BCUT2D eigenvalue weighted by atomic mass is 10.1. The van der Waals surface area contributed by atoms with Gasteiger partial charge in [0.25, 0.3) is 0 Å². The van der Waals surface area contributed by atoms with E-state index >= 15 is 0 Å². The lowest BCUT2D eigenvalue weighted by Gasteiger charge is -2.08. The molecule has 2 aromatic rings. The van der Waals surface area contributed by atoms with Crippen LogP contribution in [0, 0.1) is 13.8 Å². The maximum Gasteiger partial charge on any atom is 0.358 e. The molecule has 0 bridgehead atoms. The van der Waals surface area contributed by atoms with Gasteiger partial charge >= 0.3 is 5.97 Å². The van der Waals surface area contributed by atoms with Crippen molar-refractivity contribution in [3.63, 3.8) is 0 Å². The van der Waals surface area contributed by atoms with Crippen LogP contribution in [0.1, 0.15) is 21.6 Å². The summed E-state index contributed by atoms with van der Waals surface area (Å²) in [6.45, 7) is 4.84. The molecular formula is C15H19NO4. The van der Waals surface area contributed by atoms with Gasteiger partial charge in [-0.15, -0.1) is 0 Å². The van der Waals surface area contributed by atoms with Crippen LogP contribution in [0.3, 0.4) is 0 Å². The van der Waals surface area contributed by atoms with E-state index < -0.39 is 5.97 Å². The summed E-state index contributed by atoms with van der Waals surface area (Å²) in [6.07, 6.45) is 0. The minimum atomic E-state index is -0.439. The highest BCUT2D eigenvalue weighted by Gasteiger charge is 2.21. The van der Waals surface area contributed by atoms with Crippen molar-refractivity contribution in [2.75, 3.05) is 27.4 Å². The molecule has 1 heterocycles. The van der Waals surface area contributed by atoms with Crippen LogP contribution < -0.4 is 4.74 Å². The molecule has 0 aliphatic rings. The number of hydrogen-bond donors (Lipinski definition) is 1. The molecule has 0 saturated carbocycles. The third kappa shape index (κ3) is 2.63. The van der Waals surface area contributed by atoms with Crippen molar-refractivity contribution in [3.05, 3.63) is 29.0 Å². The third-order valence-corrected chi connectivity index (χ3v) is 3.12. The number of carbonyl (C=O) groups is 1. The molecule has 0 fully saturated rings. The molecule has 0 spiro atoms. The summed E-state index contributed by atoms with van der Waals surface area (Å²) >= 11 is 0. The lowest BCUT2D eigenvalue weighted by Crippen LogP contribution is -2.09. The summed E-state index contributed by atoms with van der Waals surface area (Å²) < 4.78 is 15.5. The molecule has 1 aromatic carbocycles. The summed E-state index contributed by atoms with van der Waals surface area (Å²) in [5, 5.41) is 0.909. The predicted octanol–water partition coefficient (Wildman–Crippen LogP) is 2.60. The van der Waals surface area contributed by atoms with Gasteiger partial charge in [-0.25, -0.2) is 4.79 Å². The number of ether oxygens (including phenoxy) is 3. The number of carbonyl (C=O) groups excluding carboxylic acids is 1. The van der Waals surface area contributed by atoms with E-state index in [-0.39, 0.29) is 0 Å². The second-order valence-corrected chi connectivity index (χ2v) is 4.67. The number of aromatic amines is 1. The standard InChI is InChI=1S/C15H19NO4/c1-9-7-10(2)12-11(8-9)16-13(15(17)19-4)14(12)20-6-5-18-3/h7-8,16H,5-6H2,1-4H3. The zero-order chi connectivity index (χ0) is 14.7. The summed E-state index contributed by atoms with van der Waals surface area (Å²) in [7, 11) is 2.96. The molecule has 5 heteroatoms. The van der Waals surface area contributed by atoms with E-state index in [2.05, 4.69) is 11.1 Å². The van der Waals surface area contributed by atoms with E-state index in [0.717, 1.165) is 22.0 Å². The molecule has 1 aromatic heterocycles. The minimum absolute atomic E-state index is 0.340. The quantitative estimate of drug-likeness (QED) is 0.674. The summed E-state index contributed by atoms with van der Waals surface area (Å²) in [5.74, 6) is 0.0899. The Morgan fingerprint density at radius 3 is 2.60 bits per heavy atom. The predicted molar refractivity (Wildman–Crippen MR) is 76.5 cm³/mol. The highest BCUT2D eigenvalue weighted by Crippen LogP contribution is 2.34. The molecule has 0 unspecified atom stereocenters. The average Bonchev–Trinajstić information content (AvgIpc) is 2.77. The number of esters is 1. The van der Waals surface area contributed by atoms with Gasteiger partial charge in [0.1, 0.15) is 6.61 Å². The van der Waals surface area contributed by atoms with Crippen LogP contribution in [0.4, 0.5) is 0 Å². The molecule has 0 saturated heterocycles. The third-order valence-electron chi connectivity index (χ3n) is 3.12. The van der Waals surface area contributed by atoms with Gasteiger partial charge in [-0.05, 0) is 31.0 Å². The van der Waals surface area contributed by atoms with Gasteiger partial charge in [-0.3, -0.25) is 0 Å². The van der Waals surface area contributed by atoms with Crippen molar-refractivity contribution < 1.29 is 19.0 Å². The van der Waals surface area contributed by atoms with Crippen molar-refractivity contribution in [1.29, 1.82) is 0 Å². The fourth-order valence-corrected chi connectivity index (χ4v) is 2.30. The highest BCUT2D eigenvalue weighted by atomic mass is 16.5. The second-order valence-electron chi connectivity index (χ2n) is 4.67. The first-order chi connectivity index (χ1) is 9.58. The minimum Gasteiger partial charge on any atom is -0.488 e. The molecule has 0 amide bonds. The average molecular weight is 277 g/mol. The van der Waals surface area contributed by atoms with Crippen LogP contribution in [0.25, 0.3) is 10.9 Å². The van der Waals surface area contributed by atoms with Crippen molar-refractivity contribution in [2.24, 2.45) is 0 Å². The van der Waals surface area contributed by atoms with E-state index in [1.54, 1.807) is 7.11 Å². The summed E-state index contributed by atoms with van der Waals surface area (Å²) in [4.78, 5) is 15.0. The number of benzene rings is 1. The number of fused-ring (bicyclic) bond motifs is 1. The van der Waals surface area contributed by atoms with Crippen LogP contribution in [0.15, 0.2) is 12.1 Å². The Labute approximate surface area is 117 Å². The summed E-state index contributed by atoms with van der Waals surface area (Å²) in [5.41, 5.74) is 3.39. The zero-order valence-corrected chi connectivity index (χ0v) is 12.2. The van der Waals surface area contributed by atoms with E-state index in [1.165, 1.54) is 7.11 Å². The first-order valence-corrected chi connectivity index (χ1v) is 6.41. The summed E-state index contributed by atoms with van der Waals surface area (Å²) in [6, 6.07) is 4.04. The molecule has 108 valence electrons. The van der Waals surface area contributed by atoms with Crippen molar-refractivity contribution in [2.45, 2.75) is 13.8 Å². The first-order valence-electron chi connectivity index (χ1n) is 6.41. The van der Waals surface area contributed by atoms with E-state index in [0.29, 0.717) is 24.7 Å². The topological polar surface area (TPSA) is 60.6 Å². The van der Waals surface area contributed by atoms with Gasteiger partial charge in [-0.2, -0.15) is 0 Å². The Kier molecular flexibility index (Phi) is 4.29. The number of aryl methyl sites for hydroxylation is 2. The fourth-order valence-electron chi connectivity index (χ4n) is 2.30. The molecule has 20 heavy (non-hydrogen) atoms. The Hall–Kier alpha value is -2.01. The van der Waals surface area contributed by atoms with Crippen LogP contribution in [0.5, 0.6) is 5.75 Å². The Morgan fingerprint density at radius 1 is 1.20 bits per heavy atom. The van der Waals surface area contributed by atoms with Crippen LogP contribution in [0.2, 0.25) is 0 Å². The van der Waals surface area contributed by atoms with Gasteiger partial charge in [0, 0.05) is 12.5 Å². The molecule has 0 aliphatic heterocycles. The molecule has 0 radical (unpaired) electrons. The Bertz CT molecular complexity index is 630. The smallest absolute Gasteiger partial charge is 0.358 e. The molecule has 0 aliphatic carbocycles. The number of hydrogen-bond acceptors (Lipinski definition) is 4. The number of nitrogens with one attached hydrogen (secondary N) is 1. The monoisotopic (exact) mass is 277 g/mol. The highest BCUT2D eigenvalue weighted by molar-refractivity contribution is 6.02. The number of rotatable bonds is 5.